The maximum absolute atomic E-state index is 11.8. The smallest absolute Gasteiger partial charge is 0.224 e. The van der Waals surface area contributed by atoms with Gasteiger partial charge in [0.1, 0.15) is 0 Å². The van der Waals surface area contributed by atoms with Gasteiger partial charge in [-0.2, -0.15) is 0 Å². The quantitative estimate of drug-likeness (QED) is 0.896. The van der Waals surface area contributed by atoms with Crippen LogP contribution in [0, 0.1) is 0 Å². The fourth-order valence-electron chi connectivity index (χ4n) is 2.71. The summed E-state index contributed by atoms with van der Waals surface area (Å²) in [7, 11) is 0. The average molecular weight is 274 g/mol. The molecule has 0 aliphatic carbocycles. The third kappa shape index (κ3) is 2.46. The third-order valence-electron chi connectivity index (χ3n) is 3.48. The van der Waals surface area contributed by atoms with Crippen LogP contribution < -0.4 is 5.32 Å². The van der Waals surface area contributed by atoms with E-state index < -0.39 is 0 Å². The monoisotopic (exact) mass is 273 g/mol. The lowest BCUT2D eigenvalue weighted by Gasteiger charge is -2.22. The second-order valence-corrected chi connectivity index (χ2v) is 5.36. The molecule has 0 bridgehead atoms. The van der Waals surface area contributed by atoms with Crippen LogP contribution in [0.1, 0.15) is 17.8 Å². The normalized spacial score (nSPS) is 27.1. The van der Waals surface area contributed by atoms with Crippen molar-refractivity contribution in [1.29, 1.82) is 0 Å². The number of hydrogen-bond donors (Lipinski definition) is 1. The minimum Gasteiger partial charge on any atom is -0.338 e. The highest BCUT2D eigenvalue weighted by Gasteiger charge is 2.41. The molecule has 2 aliphatic heterocycles. The minimum atomic E-state index is 0. The van der Waals surface area contributed by atoms with E-state index in [1.165, 1.54) is 0 Å². The lowest BCUT2D eigenvalue weighted by atomic mass is 10.1. The number of nitrogens with one attached hydrogen (secondary N) is 1. The molecule has 17 heavy (non-hydrogen) atoms. The molecule has 3 rings (SSSR count). The Bertz CT molecular complexity index is 384. The van der Waals surface area contributed by atoms with Gasteiger partial charge in [-0.05, 0) is 13.0 Å². The Morgan fingerprint density at radius 1 is 1.59 bits per heavy atom. The summed E-state index contributed by atoms with van der Waals surface area (Å²) < 4.78 is 0. The van der Waals surface area contributed by atoms with E-state index in [0.29, 0.717) is 24.4 Å². The molecule has 1 aromatic heterocycles. The van der Waals surface area contributed by atoms with Crippen molar-refractivity contribution in [2.75, 3.05) is 13.1 Å². The van der Waals surface area contributed by atoms with Crippen LogP contribution in [-0.2, 0) is 11.2 Å². The minimum absolute atomic E-state index is 0. The molecular weight excluding hydrogens is 258 g/mol. The van der Waals surface area contributed by atoms with Gasteiger partial charge in [0.2, 0.25) is 5.91 Å². The number of likely N-dealkylation sites (tertiary alicyclic amines) is 1. The van der Waals surface area contributed by atoms with E-state index in [9.17, 15) is 4.79 Å². The summed E-state index contributed by atoms with van der Waals surface area (Å²) in [5.74, 6) is 0.304. The van der Waals surface area contributed by atoms with E-state index in [1.807, 2.05) is 16.5 Å². The lowest BCUT2D eigenvalue weighted by Crippen LogP contribution is -2.37. The molecule has 2 saturated heterocycles. The van der Waals surface area contributed by atoms with Crippen LogP contribution in [0.3, 0.4) is 0 Å². The maximum atomic E-state index is 11.8. The van der Waals surface area contributed by atoms with Crippen molar-refractivity contribution >= 4 is 29.7 Å². The van der Waals surface area contributed by atoms with Gasteiger partial charge in [-0.3, -0.25) is 4.79 Å². The number of aromatic nitrogens is 1. The summed E-state index contributed by atoms with van der Waals surface area (Å²) in [6.07, 6.45) is 4.51. The number of nitrogens with zero attached hydrogens (tertiary/aromatic N) is 2. The summed E-state index contributed by atoms with van der Waals surface area (Å²) >= 11 is 1.67. The number of thiazole rings is 1. The van der Waals surface area contributed by atoms with Crippen molar-refractivity contribution in [2.45, 2.75) is 31.3 Å². The molecule has 2 aliphatic rings. The number of carbonyl (C=O) groups excluding carboxylic acids is 1. The molecule has 4 nitrogen and oxygen atoms in total. The Kier molecular flexibility index (Phi) is 4.01. The SMILES string of the molecule is Cl.O=C1C[C@H]2NCC[C@H]2N1CCc1nccs1. The molecule has 0 unspecified atom stereocenters. The zero-order valence-corrected chi connectivity index (χ0v) is 11.1. The summed E-state index contributed by atoms with van der Waals surface area (Å²) in [5.41, 5.74) is 0. The zero-order valence-electron chi connectivity index (χ0n) is 9.46. The second-order valence-electron chi connectivity index (χ2n) is 4.38. The summed E-state index contributed by atoms with van der Waals surface area (Å²) in [4.78, 5) is 18.1. The van der Waals surface area contributed by atoms with Crippen LogP contribution in [0.5, 0.6) is 0 Å². The predicted octanol–water partition coefficient (Wildman–Crippen LogP) is 1.07. The van der Waals surface area contributed by atoms with Gasteiger partial charge < -0.3 is 10.2 Å². The van der Waals surface area contributed by atoms with E-state index in [-0.39, 0.29) is 12.4 Å². The molecule has 0 spiro atoms. The number of halogens is 1. The van der Waals surface area contributed by atoms with Crippen molar-refractivity contribution in [3.8, 4) is 0 Å². The van der Waals surface area contributed by atoms with Crippen LogP contribution in [0.25, 0.3) is 0 Å². The Balaban J connectivity index is 0.00000108. The molecule has 6 heteroatoms. The fourth-order valence-corrected chi connectivity index (χ4v) is 3.32. The van der Waals surface area contributed by atoms with Gasteiger partial charge in [-0.1, -0.05) is 0 Å². The zero-order chi connectivity index (χ0) is 11.0. The molecule has 94 valence electrons. The Morgan fingerprint density at radius 3 is 3.24 bits per heavy atom. The van der Waals surface area contributed by atoms with Crippen LogP contribution in [0.15, 0.2) is 11.6 Å². The number of fused-ring (bicyclic) bond motifs is 1. The molecule has 2 fully saturated rings. The molecule has 0 radical (unpaired) electrons. The Labute approximate surface area is 111 Å². The van der Waals surface area contributed by atoms with Gasteiger partial charge in [0.25, 0.3) is 0 Å². The maximum Gasteiger partial charge on any atom is 0.224 e. The molecule has 3 heterocycles. The fraction of sp³-hybridized carbons (Fsp3) is 0.636. The van der Waals surface area contributed by atoms with Crippen LogP contribution in [0.2, 0.25) is 0 Å². The highest BCUT2D eigenvalue weighted by molar-refractivity contribution is 7.09. The van der Waals surface area contributed by atoms with E-state index in [4.69, 9.17) is 0 Å². The van der Waals surface area contributed by atoms with Gasteiger partial charge >= 0.3 is 0 Å². The number of amides is 1. The van der Waals surface area contributed by atoms with Crippen LogP contribution >= 0.6 is 23.7 Å². The first-order valence-electron chi connectivity index (χ1n) is 5.76. The molecule has 2 atom stereocenters. The highest BCUT2D eigenvalue weighted by atomic mass is 35.5. The molecule has 1 amide bonds. The first-order valence-corrected chi connectivity index (χ1v) is 6.64. The Hall–Kier alpha value is -0.650. The number of rotatable bonds is 3. The van der Waals surface area contributed by atoms with E-state index in [0.717, 1.165) is 30.9 Å². The molecule has 1 aromatic rings. The molecule has 0 saturated carbocycles. The van der Waals surface area contributed by atoms with Gasteiger partial charge in [0, 0.05) is 43.0 Å². The van der Waals surface area contributed by atoms with Gasteiger partial charge in [0.05, 0.1) is 5.01 Å². The standard InChI is InChI=1S/C11H15N3OS.ClH/c15-11-7-8-9(1-3-12-8)14(11)5-2-10-13-4-6-16-10;/h4,6,8-9,12H,1-3,5,7H2;1H/t8-,9-;/m1./s1. The summed E-state index contributed by atoms with van der Waals surface area (Å²) in [5, 5.41) is 6.51. The predicted molar refractivity (Wildman–Crippen MR) is 69.6 cm³/mol. The average Bonchev–Trinajstić information content (AvgIpc) is 2.92. The van der Waals surface area contributed by atoms with Crippen LogP contribution in [-0.4, -0.2) is 41.0 Å². The molecular formula is C11H16ClN3OS. The van der Waals surface area contributed by atoms with Crippen molar-refractivity contribution < 1.29 is 4.79 Å². The largest absolute Gasteiger partial charge is 0.338 e. The molecule has 0 aromatic carbocycles. The van der Waals surface area contributed by atoms with Crippen molar-refractivity contribution in [3.05, 3.63) is 16.6 Å². The lowest BCUT2D eigenvalue weighted by molar-refractivity contribution is -0.129. The van der Waals surface area contributed by atoms with E-state index in [1.54, 1.807) is 11.3 Å². The van der Waals surface area contributed by atoms with Gasteiger partial charge in [-0.25, -0.2) is 4.98 Å². The van der Waals surface area contributed by atoms with E-state index >= 15 is 0 Å². The number of hydrogen-bond acceptors (Lipinski definition) is 4. The first-order chi connectivity index (χ1) is 7.84. The van der Waals surface area contributed by atoms with Crippen molar-refractivity contribution in [1.82, 2.24) is 15.2 Å². The molecule has 1 N–H and O–H groups in total. The van der Waals surface area contributed by atoms with Crippen molar-refractivity contribution in [2.24, 2.45) is 0 Å². The second kappa shape index (κ2) is 5.33. The first kappa shape index (κ1) is 12.8. The van der Waals surface area contributed by atoms with Gasteiger partial charge in [0.15, 0.2) is 0 Å². The van der Waals surface area contributed by atoms with Crippen LogP contribution in [0.4, 0.5) is 0 Å². The van der Waals surface area contributed by atoms with E-state index in [2.05, 4.69) is 10.3 Å². The summed E-state index contributed by atoms with van der Waals surface area (Å²) in [6, 6.07) is 0.844. The number of carbonyl (C=O) groups is 1. The summed E-state index contributed by atoms with van der Waals surface area (Å²) in [6.45, 7) is 1.88. The Morgan fingerprint density at radius 2 is 2.47 bits per heavy atom. The van der Waals surface area contributed by atoms with Crippen molar-refractivity contribution in [3.63, 3.8) is 0 Å². The topological polar surface area (TPSA) is 45.2 Å². The highest BCUT2D eigenvalue weighted by Crippen LogP contribution is 2.26. The third-order valence-corrected chi connectivity index (χ3v) is 4.32. The van der Waals surface area contributed by atoms with Gasteiger partial charge in [-0.15, -0.1) is 23.7 Å².